The predicted molar refractivity (Wildman–Crippen MR) is 70.0 cm³/mol. The van der Waals surface area contributed by atoms with Crippen LogP contribution in [0.1, 0.15) is 15.9 Å². The molecular formula is C12H6F3IO4. The van der Waals surface area contributed by atoms with Gasteiger partial charge in [0.25, 0.3) is 0 Å². The molecule has 4 nitrogen and oxygen atoms in total. The molecule has 0 bridgehead atoms. The van der Waals surface area contributed by atoms with Crippen LogP contribution in [0, 0.1) is 3.57 Å². The number of halogens is 4. The third-order valence-corrected chi connectivity index (χ3v) is 4.54. The van der Waals surface area contributed by atoms with Crippen LogP contribution in [0.2, 0.25) is 0 Å². The zero-order valence-corrected chi connectivity index (χ0v) is 11.7. The maximum absolute atomic E-state index is 12.8. The fourth-order valence-corrected chi connectivity index (χ4v) is 3.36. The largest absolute Gasteiger partial charge is 0.478 e. The van der Waals surface area contributed by atoms with Gasteiger partial charge in [-0.3, -0.25) is 0 Å². The van der Waals surface area contributed by atoms with Gasteiger partial charge in [0, 0.05) is 0 Å². The van der Waals surface area contributed by atoms with Gasteiger partial charge in [-0.1, -0.05) is 18.2 Å². The summed E-state index contributed by atoms with van der Waals surface area (Å²) in [6, 6.07) is 4.93. The zero-order chi connectivity index (χ0) is 15.1. The fraction of sp³-hybridized carbons (Fsp3) is 0.0833. The summed E-state index contributed by atoms with van der Waals surface area (Å²) in [6.45, 7) is 0. The maximum atomic E-state index is 12.8. The van der Waals surface area contributed by atoms with Gasteiger partial charge in [0.2, 0.25) is 0 Å². The van der Waals surface area contributed by atoms with Crippen molar-refractivity contribution in [3.8, 4) is 0 Å². The highest BCUT2D eigenvalue weighted by molar-refractivity contribution is 14.2. The van der Waals surface area contributed by atoms with Crippen LogP contribution in [0.15, 0.2) is 30.3 Å². The molecule has 0 aliphatic heterocycles. The molecule has 0 aliphatic rings. The molecule has 0 spiro atoms. The van der Waals surface area contributed by atoms with E-state index in [1.807, 2.05) is 0 Å². The van der Waals surface area contributed by atoms with Gasteiger partial charge in [-0.2, -0.15) is 13.2 Å². The van der Waals surface area contributed by atoms with Crippen molar-refractivity contribution >= 4 is 36.5 Å². The van der Waals surface area contributed by atoms with Crippen LogP contribution in [0.25, 0.3) is 10.8 Å². The van der Waals surface area contributed by atoms with E-state index < -0.39 is 46.6 Å². The Hall–Kier alpha value is -1.71. The van der Waals surface area contributed by atoms with E-state index in [4.69, 9.17) is 5.11 Å². The molecule has 0 radical (unpaired) electrons. The van der Waals surface area contributed by atoms with Crippen molar-refractivity contribution in [2.75, 3.05) is 0 Å². The lowest BCUT2D eigenvalue weighted by Gasteiger charge is -2.12. The van der Waals surface area contributed by atoms with Crippen LogP contribution in [-0.4, -0.2) is 11.1 Å². The molecule has 2 aromatic carbocycles. The third-order valence-electron chi connectivity index (χ3n) is 2.70. The van der Waals surface area contributed by atoms with Gasteiger partial charge in [0.1, 0.15) is 0 Å². The Morgan fingerprint density at radius 3 is 2.20 bits per heavy atom. The normalized spacial score (nSPS) is 12.0. The quantitative estimate of drug-likeness (QED) is 0.779. The molecule has 0 saturated heterocycles. The molecule has 0 saturated carbocycles. The number of hydrogen-bond acceptors (Lipinski definition) is 3. The number of hydrogen-bond donors (Lipinski definition) is 1. The van der Waals surface area contributed by atoms with Crippen molar-refractivity contribution in [1.29, 1.82) is 0 Å². The molecule has 0 heterocycles. The molecule has 0 aromatic heterocycles. The molecule has 2 aromatic rings. The first-order chi connectivity index (χ1) is 9.23. The number of carbonyl (C=O) groups is 1. The van der Waals surface area contributed by atoms with E-state index >= 15 is 0 Å². The summed E-state index contributed by atoms with van der Waals surface area (Å²) < 4.78 is 60.3. The highest BCUT2D eigenvalue weighted by atomic mass is 127. The lowest BCUT2D eigenvalue weighted by molar-refractivity contribution is -0.136. The minimum absolute atomic E-state index is 0.237. The van der Waals surface area contributed by atoms with Crippen LogP contribution < -0.4 is 0 Å². The molecular weight excluding hydrogens is 392 g/mol. The Labute approximate surface area is 117 Å². The van der Waals surface area contributed by atoms with Crippen LogP contribution in [0.4, 0.5) is 13.2 Å². The highest BCUT2D eigenvalue weighted by Gasteiger charge is 2.33. The van der Waals surface area contributed by atoms with Gasteiger partial charge in [-0.05, 0) is 22.9 Å². The highest BCUT2D eigenvalue weighted by Crippen LogP contribution is 2.37. The number of carboxylic acid groups (broad SMARTS) is 1. The van der Waals surface area contributed by atoms with E-state index in [0.29, 0.717) is 0 Å². The van der Waals surface area contributed by atoms with E-state index in [-0.39, 0.29) is 10.8 Å². The molecule has 2 rings (SSSR count). The Morgan fingerprint density at radius 1 is 1.05 bits per heavy atom. The average molecular weight is 398 g/mol. The summed E-state index contributed by atoms with van der Waals surface area (Å²) in [5, 5.41) is 8.50. The van der Waals surface area contributed by atoms with Gasteiger partial charge in [0.15, 0.2) is 0 Å². The Bertz CT molecular complexity index is 770. The summed E-state index contributed by atoms with van der Waals surface area (Å²) in [5.74, 6) is -1.57. The van der Waals surface area contributed by atoms with E-state index in [1.165, 1.54) is 0 Å². The van der Waals surface area contributed by atoms with E-state index in [2.05, 4.69) is 0 Å². The lowest BCUT2D eigenvalue weighted by atomic mass is 10.00. The number of fused-ring (bicyclic) bond motifs is 1. The standard InChI is InChI=1S/C12H6F3IO4/c13-12(14,15)8-3-1-2-7-6(8)4-5-9(16(19)20)10(7)11(17)18/h1-5H,(H,17,18). The molecule has 0 atom stereocenters. The van der Waals surface area contributed by atoms with Crippen molar-refractivity contribution in [1.82, 2.24) is 0 Å². The maximum Gasteiger partial charge on any atom is 0.417 e. The van der Waals surface area contributed by atoms with Gasteiger partial charge < -0.3 is 5.11 Å². The van der Waals surface area contributed by atoms with Crippen LogP contribution in [-0.2, 0) is 12.3 Å². The fourth-order valence-electron chi connectivity index (χ4n) is 1.92. The SMILES string of the molecule is O=C(O)c1c(I(=O)=O)ccc2c(C(F)(F)F)cccc12. The van der Waals surface area contributed by atoms with Crippen LogP contribution >= 0.6 is 19.8 Å². The molecule has 0 aliphatic carbocycles. The second-order valence-corrected chi connectivity index (χ2v) is 6.25. The minimum Gasteiger partial charge on any atom is -0.478 e. The summed E-state index contributed by atoms with van der Waals surface area (Å²) in [6.07, 6.45) is -4.65. The molecule has 106 valence electrons. The number of carboxylic acids is 1. The van der Waals surface area contributed by atoms with E-state index in [9.17, 15) is 24.1 Å². The van der Waals surface area contributed by atoms with Crippen LogP contribution in [0.5, 0.6) is 0 Å². The van der Waals surface area contributed by atoms with Crippen LogP contribution in [0.3, 0.4) is 0 Å². The second-order valence-electron chi connectivity index (χ2n) is 3.84. The molecule has 8 heteroatoms. The Kier molecular flexibility index (Phi) is 3.67. The first-order valence-electron chi connectivity index (χ1n) is 5.15. The molecule has 0 unspecified atom stereocenters. The van der Waals surface area contributed by atoms with E-state index in [0.717, 1.165) is 30.3 Å². The Morgan fingerprint density at radius 2 is 1.70 bits per heavy atom. The second kappa shape index (κ2) is 5.00. The number of alkyl halides is 3. The number of rotatable bonds is 2. The van der Waals surface area contributed by atoms with Gasteiger partial charge in [0.05, 0.1) is 14.7 Å². The summed E-state index contributed by atoms with van der Waals surface area (Å²) in [4.78, 5) is 11.2. The monoisotopic (exact) mass is 398 g/mol. The summed E-state index contributed by atoms with van der Waals surface area (Å²) in [7, 11) is 0. The van der Waals surface area contributed by atoms with Gasteiger partial charge >= 0.3 is 31.9 Å². The van der Waals surface area contributed by atoms with Crippen molar-refractivity contribution in [3.63, 3.8) is 0 Å². The van der Waals surface area contributed by atoms with Crippen molar-refractivity contribution in [2.45, 2.75) is 6.18 Å². The van der Waals surface area contributed by atoms with Gasteiger partial charge in [-0.15, -0.1) is 0 Å². The molecule has 0 fully saturated rings. The summed E-state index contributed by atoms with van der Waals surface area (Å²) in [5.41, 5.74) is -1.61. The average Bonchev–Trinajstić information content (AvgIpc) is 2.34. The zero-order valence-electron chi connectivity index (χ0n) is 9.57. The van der Waals surface area contributed by atoms with Crippen molar-refractivity contribution in [2.24, 2.45) is 0 Å². The number of aromatic carboxylic acids is 1. The first-order valence-corrected chi connectivity index (χ1v) is 7.99. The minimum atomic E-state index is -4.65. The summed E-state index contributed by atoms with van der Waals surface area (Å²) >= 11 is -4.13. The predicted octanol–water partition coefficient (Wildman–Crippen LogP) is 3.92. The topological polar surface area (TPSA) is 71.4 Å². The third kappa shape index (κ3) is 2.47. The first kappa shape index (κ1) is 14.7. The van der Waals surface area contributed by atoms with Crippen molar-refractivity contribution < 1.29 is 29.2 Å². The number of benzene rings is 2. The van der Waals surface area contributed by atoms with E-state index in [1.54, 1.807) is 0 Å². The van der Waals surface area contributed by atoms with Crippen molar-refractivity contribution in [3.05, 3.63) is 45.0 Å². The smallest absolute Gasteiger partial charge is 0.417 e. The molecule has 20 heavy (non-hydrogen) atoms. The molecule has 1 N–H and O–H groups in total. The molecule has 0 amide bonds. The lowest BCUT2D eigenvalue weighted by Crippen LogP contribution is -2.08. The van der Waals surface area contributed by atoms with Gasteiger partial charge in [-0.25, -0.2) is 10.9 Å². The Balaban J connectivity index is 2.97.